The van der Waals surface area contributed by atoms with E-state index in [1.54, 1.807) is 0 Å². The quantitative estimate of drug-likeness (QED) is 0.709. The SMILES string of the molecule is CCCn1c(NC(=O)C2CCN(C(=O)c3cccs3)CC2)nc2ccccc21. The van der Waals surface area contributed by atoms with Gasteiger partial charge < -0.3 is 9.47 Å². The van der Waals surface area contributed by atoms with E-state index in [2.05, 4.69) is 21.8 Å². The number of aromatic nitrogens is 2. The molecule has 3 aromatic rings. The molecule has 0 radical (unpaired) electrons. The van der Waals surface area contributed by atoms with Gasteiger partial charge in [-0.15, -0.1) is 11.3 Å². The lowest BCUT2D eigenvalue weighted by molar-refractivity contribution is -0.121. The van der Waals surface area contributed by atoms with Crippen molar-refractivity contribution >= 4 is 40.1 Å². The molecular weight excluding hydrogens is 372 g/mol. The third-order valence-electron chi connectivity index (χ3n) is 5.22. The highest BCUT2D eigenvalue weighted by molar-refractivity contribution is 7.12. The molecule has 0 spiro atoms. The molecule has 1 aromatic carbocycles. The van der Waals surface area contributed by atoms with E-state index in [0.717, 1.165) is 28.9 Å². The molecule has 146 valence electrons. The number of fused-ring (bicyclic) bond motifs is 1. The van der Waals surface area contributed by atoms with Gasteiger partial charge in [0.15, 0.2) is 0 Å². The molecule has 1 saturated heterocycles. The minimum Gasteiger partial charge on any atom is -0.338 e. The highest BCUT2D eigenvalue weighted by atomic mass is 32.1. The largest absolute Gasteiger partial charge is 0.338 e. The smallest absolute Gasteiger partial charge is 0.263 e. The Labute approximate surface area is 168 Å². The van der Waals surface area contributed by atoms with E-state index in [0.29, 0.717) is 31.9 Å². The van der Waals surface area contributed by atoms with Gasteiger partial charge >= 0.3 is 0 Å². The number of amides is 2. The van der Waals surface area contributed by atoms with Crippen LogP contribution >= 0.6 is 11.3 Å². The Kier molecular flexibility index (Phi) is 5.43. The van der Waals surface area contributed by atoms with E-state index in [4.69, 9.17) is 0 Å². The van der Waals surface area contributed by atoms with Crippen molar-refractivity contribution in [3.8, 4) is 0 Å². The van der Waals surface area contributed by atoms with Gasteiger partial charge in [0.1, 0.15) is 0 Å². The molecule has 7 heteroatoms. The first-order chi connectivity index (χ1) is 13.7. The molecule has 3 heterocycles. The van der Waals surface area contributed by atoms with Crippen molar-refractivity contribution in [2.45, 2.75) is 32.7 Å². The molecule has 1 aliphatic heterocycles. The third-order valence-corrected chi connectivity index (χ3v) is 6.08. The van der Waals surface area contributed by atoms with Crippen LogP contribution in [0.5, 0.6) is 0 Å². The number of benzene rings is 1. The topological polar surface area (TPSA) is 67.2 Å². The summed E-state index contributed by atoms with van der Waals surface area (Å²) in [4.78, 5) is 32.5. The van der Waals surface area contributed by atoms with Crippen molar-refractivity contribution in [3.63, 3.8) is 0 Å². The van der Waals surface area contributed by atoms with Crippen LogP contribution in [0.2, 0.25) is 0 Å². The summed E-state index contributed by atoms with van der Waals surface area (Å²) >= 11 is 1.46. The van der Waals surface area contributed by atoms with Crippen molar-refractivity contribution in [1.82, 2.24) is 14.5 Å². The fourth-order valence-corrected chi connectivity index (χ4v) is 4.42. The number of para-hydroxylation sites is 2. The number of imidazole rings is 1. The molecule has 6 nitrogen and oxygen atoms in total. The predicted octanol–water partition coefficient (Wildman–Crippen LogP) is 4.00. The van der Waals surface area contributed by atoms with Gasteiger partial charge in [0, 0.05) is 25.6 Å². The molecule has 0 saturated carbocycles. The highest BCUT2D eigenvalue weighted by Crippen LogP contribution is 2.24. The van der Waals surface area contributed by atoms with Gasteiger partial charge in [-0.2, -0.15) is 0 Å². The van der Waals surface area contributed by atoms with Gasteiger partial charge in [0.05, 0.1) is 15.9 Å². The molecule has 0 aliphatic carbocycles. The van der Waals surface area contributed by atoms with E-state index < -0.39 is 0 Å². The molecule has 0 atom stereocenters. The zero-order valence-corrected chi connectivity index (χ0v) is 16.7. The summed E-state index contributed by atoms with van der Waals surface area (Å²) in [5.41, 5.74) is 1.93. The number of hydrogen-bond donors (Lipinski definition) is 1. The first kappa shape index (κ1) is 18.7. The van der Waals surface area contributed by atoms with Gasteiger partial charge in [-0.25, -0.2) is 4.98 Å². The average Bonchev–Trinajstić information content (AvgIpc) is 3.37. The van der Waals surface area contributed by atoms with Gasteiger partial charge in [0.2, 0.25) is 11.9 Å². The number of hydrogen-bond acceptors (Lipinski definition) is 4. The number of thiophene rings is 1. The van der Waals surface area contributed by atoms with E-state index in [-0.39, 0.29) is 17.7 Å². The second-order valence-corrected chi connectivity index (χ2v) is 8.06. The van der Waals surface area contributed by atoms with E-state index in [1.165, 1.54) is 11.3 Å². The monoisotopic (exact) mass is 396 g/mol. The number of carbonyl (C=O) groups excluding carboxylic acids is 2. The summed E-state index contributed by atoms with van der Waals surface area (Å²) in [7, 11) is 0. The van der Waals surface area contributed by atoms with Crippen molar-refractivity contribution in [2.75, 3.05) is 18.4 Å². The number of likely N-dealkylation sites (tertiary alicyclic amines) is 1. The molecule has 0 unspecified atom stereocenters. The van der Waals surface area contributed by atoms with Crippen LogP contribution in [-0.4, -0.2) is 39.4 Å². The van der Waals surface area contributed by atoms with E-state index >= 15 is 0 Å². The maximum absolute atomic E-state index is 12.8. The predicted molar refractivity (Wildman–Crippen MR) is 112 cm³/mol. The number of anilines is 1. The first-order valence-electron chi connectivity index (χ1n) is 9.76. The molecule has 2 aromatic heterocycles. The molecule has 1 fully saturated rings. The summed E-state index contributed by atoms with van der Waals surface area (Å²) in [6.07, 6.45) is 2.32. The lowest BCUT2D eigenvalue weighted by Crippen LogP contribution is -2.41. The standard InChI is InChI=1S/C21H24N4O2S/c1-2-11-25-17-7-4-3-6-16(17)22-21(25)23-19(26)15-9-12-24(13-10-15)20(27)18-8-5-14-28-18/h3-8,14-15H,2,9-13H2,1H3,(H,22,23,26). The highest BCUT2D eigenvalue weighted by Gasteiger charge is 2.29. The number of nitrogens with zero attached hydrogens (tertiary/aromatic N) is 3. The van der Waals surface area contributed by atoms with Crippen LogP contribution in [0.15, 0.2) is 41.8 Å². The van der Waals surface area contributed by atoms with Gasteiger partial charge in [0.25, 0.3) is 5.91 Å². The molecule has 28 heavy (non-hydrogen) atoms. The van der Waals surface area contributed by atoms with Gasteiger partial charge in [-0.05, 0) is 42.8 Å². The van der Waals surface area contributed by atoms with Crippen molar-refractivity contribution < 1.29 is 9.59 Å². The number of piperidine rings is 1. The van der Waals surface area contributed by atoms with Crippen LogP contribution in [0.1, 0.15) is 35.9 Å². The van der Waals surface area contributed by atoms with Crippen molar-refractivity contribution in [2.24, 2.45) is 5.92 Å². The van der Waals surface area contributed by atoms with Crippen LogP contribution in [0.3, 0.4) is 0 Å². The number of aryl methyl sites for hydroxylation is 1. The molecular formula is C21H24N4O2S. The van der Waals surface area contributed by atoms with Crippen LogP contribution in [-0.2, 0) is 11.3 Å². The summed E-state index contributed by atoms with van der Waals surface area (Å²) in [6, 6.07) is 11.7. The Hall–Kier alpha value is -2.67. The minimum absolute atomic E-state index is 0.00381. The lowest BCUT2D eigenvalue weighted by Gasteiger charge is -2.31. The fraction of sp³-hybridized carbons (Fsp3) is 0.381. The Morgan fingerprint density at radius 2 is 1.96 bits per heavy atom. The maximum atomic E-state index is 12.8. The Morgan fingerprint density at radius 1 is 1.18 bits per heavy atom. The fourth-order valence-electron chi connectivity index (χ4n) is 3.73. The lowest BCUT2D eigenvalue weighted by atomic mass is 9.96. The van der Waals surface area contributed by atoms with Crippen LogP contribution in [0, 0.1) is 5.92 Å². The zero-order valence-electron chi connectivity index (χ0n) is 15.9. The molecule has 2 amide bonds. The van der Waals surface area contributed by atoms with Crippen LogP contribution < -0.4 is 5.32 Å². The maximum Gasteiger partial charge on any atom is 0.263 e. The van der Waals surface area contributed by atoms with Gasteiger partial charge in [-0.3, -0.25) is 14.9 Å². The number of carbonyl (C=O) groups is 2. The minimum atomic E-state index is -0.0951. The Bertz CT molecular complexity index is 972. The number of nitrogens with one attached hydrogen (secondary N) is 1. The Balaban J connectivity index is 1.42. The molecule has 1 N–H and O–H groups in total. The average molecular weight is 397 g/mol. The molecule has 4 rings (SSSR count). The van der Waals surface area contributed by atoms with Crippen LogP contribution in [0.25, 0.3) is 11.0 Å². The Morgan fingerprint density at radius 3 is 2.68 bits per heavy atom. The summed E-state index contributed by atoms with van der Waals surface area (Å²) < 4.78 is 2.07. The van der Waals surface area contributed by atoms with E-state index in [1.807, 2.05) is 46.7 Å². The first-order valence-corrected chi connectivity index (χ1v) is 10.6. The molecule has 1 aliphatic rings. The van der Waals surface area contributed by atoms with Crippen molar-refractivity contribution in [3.05, 3.63) is 46.7 Å². The zero-order chi connectivity index (χ0) is 19.5. The second kappa shape index (κ2) is 8.14. The molecule has 0 bridgehead atoms. The van der Waals surface area contributed by atoms with Crippen molar-refractivity contribution in [1.29, 1.82) is 0 Å². The summed E-state index contributed by atoms with van der Waals surface area (Å²) in [5, 5.41) is 4.95. The van der Waals surface area contributed by atoms with E-state index in [9.17, 15) is 9.59 Å². The third kappa shape index (κ3) is 3.67. The second-order valence-electron chi connectivity index (χ2n) is 7.11. The summed E-state index contributed by atoms with van der Waals surface area (Å²) in [5.74, 6) is 0.585. The number of rotatable bonds is 5. The normalized spacial score (nSPS) is 15.1. The van der Waals surface area contributed by atoms with Crippen LogP contribution in [0.4, 0.5) is 5.95 Å². The van der Waals surface area contributed by atoms with Gasteiger partial charge in [-0.1, -0.05) is 25.1 Å². The summed E-state index contributed by atoms with van der Waals surface area (Å²) in [6.45, 7) is 4.14.